The summed E-state index contributed by atoms with van der Waals surface area (Å²) in [7, 11) is 1.25. The molecule has 120 valence electrons. The van der Waals surface area contributed by atoms with Gasteiger partial charge in [0.2, 0.25) is 5.91 Å². The van der Waals surface area contributed by atoms with Gasteiger partial charge in [-0.25, -0.2) is 4.79 Å². The van der Waals surface area contributed by atoms with Crippen molar-refractivity contribution in [3.05, 3.63) is 52.2 Å². The van der Waals surface area contributed by atoms with E-state index in [1.165, 1.54) is 7.11 Å². The number of aliphatic carboxylic acids is 1. The molecule has 2 rings (SSSR count). The van der Waals surface area contributed by atoms with Crippen LogP contribution in [0, 0.1) is 0 Å². The largest absolute Gasteiger partial charge is 0.481 e. The normalized spacial score (nSPS) is 11.5. The Morgan fingerprint density at radius 2 is 1.91 bits per heavy atom. The Bertz CT molecular complexity index is 710. The van der Waals surface area contributed by atoms with E-state index in [0.717, 1.165) is 11.3 Å². The molecule has 1 amide bonds. The van der Waals surface area contributed by atoms with E-state index in [1.807, 2.05) is 0 Å². The van der Waals surface area contributed by atoms with Crippen molar-refractivity contribution in [3.63, 3.8) is 0 Å². The summed E-state index contributed by atoms with van der Waals surface area (Å²) < 4.78 is 4.63. The van der Waals surface area contributed by atoms with E-state index in [2.05, 4.69) is 10.1 Å². The van der Waals surface area contributed by atoms with Crippen molar-refractivity contribution in [2.24, 2.45) is 0 Å². The van der Waals surface area contributed by atoms with Gasteiger partial charge in [-0.3, -0.25) is 9.59 Å². The zero-order valence-corrected chi connectivity index (χ0v) is 13.1. The lowest BCUT2D eigenvalue weighted by molar-refractivity contribution is -0.140. The lowest BCUT2D eigenvalue weighted by atomic mass is 9.95. The summed E-state index contributed by atoms with van der Waals surface area (Å²) in [6.45, 7) is 0. The average molecular weight is 333 g/mol. The lowest BCUT2D eigenvalue weighted by Gasteiger charge is -2.12. The van der Waals surface area contributed by atoms with Crippen LogP contribution < -0.4 is 5.32 Å². The molecule has 0 aliphatic rings. The molecular weight excluding hydrogens is 318 g/mol. The van der Waals surface area contributed by atoms with E-state index in [4.69, 9.17) is 0 Å². The Kier molecular flexibility index (Phi) is 5.48. The van der Waals surface area contributed by atoms with Crippen LogP contribution in [0.1, 0.15) is 27.6 Å². The van der Waals surface area contributed by atoms with Gasteiger partial charge < -0.3 is 15.2 Å². The fourth-order valence-corrected chi connectivity index (χ4v) is 2.84. The van der Waals surface area contributed by atoms with Gasteiger partial charge in [0.1, 0.15) is 4.88 Å². The second kappa shape index (κ2) is 7.55. The number of nitrogens with one attached hydrogen (secondary N) is 1. The number of rotatable bonds is 6. The molecule has 2 N–H and O–H groups in total. The van der Waals surface area contributed by atoms with Crippen molar-refractivity contribution >= 4 is 34.9 Å². The number of benzene rings is 1. The van der Waals surface area contributed by atoms with E-state index in [1.54, 1.807) is 41.8 Å². The molecule has 0 fully saturated rings. The smallest absolute Gasteiger partial charge is 0.350 e. The molecule has 0 spiro atoms. The van der Waals surface area contributed by atoms with E-state index >= 15 is 0 Å². The zero-order valence-electron chi connectivity index (χ0n) is 12.3. The van der Waals surface area contributed by atoms with Gasteiger partial charge in [0, 0.05) is 6.42 Å². The standard InChI is InChI=1S/C16H15NO5S/c1-22-16(21)14-12(7-8-23-14)17-13(18)9-11(15(19)20)10-5-3-2-4-6-10/h2-8,11H,9H2,1H3,(H,17,18)(H,19,20). The van der Waals surface area contributed by atoms with Crippen LogP contribution in [0.5, 0.6) is 0 Å². The maximum Gasteiger partial charge on any atom is 0.350 e. The first-order chi connectivity index (χ1) is 11.0. The monoisotopic (exact) mass is 333 g/mol. The summed E-state index contributed by atoms with van der Waals surface area (Å²) in [5.74, 6) is -3.06. The van der Waals surface area contributed by atoms with Gasteiger partial charge in [0.15, 0.2) is 0 Å². The Morgan fingerprint density at radius 3 is 2.52 bits per heavy atom. The predicted molar refractivity (Wildman–Crippen MR) is 85.7 cm³/mol. The first-order valence-electron chi connectivity index (χ1n) is 6.76. The highest BCUT2D eigenvalue weighted by Gasteiger charge is 2.24. The number of hydrogen-bond donors (Lipinski definition) is 2. The number of carbonyl (C=O) groups excluding carboxylic acids is 2. The van der Waals surface area contributed by atoms with Crippen LogP contribution in [-0.2, 0) is 14.3 Å². The van der Waals surface area contributed by atoms with Gasteiger partial charge in [-0.05, 0) is 17.0 Å². The van der Waals surface area contributed by atoms with Crippen LogP contribution >= 0.6 is 11.3 Å². The minimum atomic E-state index is -1.08. The molecule has 1 aromatic carbocycles. The van der Waals surface area contributed by atoms with Crippen LogP contribution in [0.2, 0.25) is 0 Å². The molecule has 0 saturated heterocycles. The number of esters is 1. The summed E-state index contributed by atoms with van der Waals surface area (Å²) in [6.07, 6.45) is -0.226. The minimum absolute atomic E-state index is 0.226. The van der Waals surface area contributed by atoms with E-state index < -0.39 is 23.8 Å². The molecule has 0 saturated carbocycles. The summed E-state index contributed by atoms with van der Waals surface area (Å²) in [6, 6.07) is 10.1. The fourth-order valence-electron chi connectivity index (χ4n) is 2.08. The number of anilines is 1. The van der Waals surface area contributed by atoms with Crippen LogP contribution in [0.4, 0.5) is 5.69 Å². The van der Waals surface area contributed by atoms with Crippen molar-refractivity contribution in [2.45, 2.75) is 12.3 Å². The summed E-state index contributed by atoms with van der Waals surface area (Å²) in [5.41, 5.74) is 0.873. The highest BCUT2D eigenvalue weighted by Crippen LogP contribution is 2.25. The highest BCUT2D eigenvalue weighted by atomic mass is 32.1. The van der Waals surface area contributed by atoms with Crippen molar-refractivity contribution < 1.29 is 24.2 Å². The number of ether oxygens (including phenoxy) is 1. The minimum Gasteiger partial charge on any atom is -0.481 e. The molecule has 23 heavy (non-hydrogen) atoms. The molecule has 1 atom stereocenters. The van der Waals surface area contributed by atoms with E-state index in [0.29, 0.717) is 11.3 Å². The average Bonchev–Trinajstić information content (AvgIpc) is 3.00. The van der Waals surface area contributed by atoms with Crippen molar-refractivity contribution in [2.75, 3.05) is 12.4 Å². The predicted octanol–water partition coefficient (Wildman–Crippen LogP) is 2.73. The molecule has 1 aromatic heterocycles. The Hall–Kier alpha value is -2.67. The number of hydrogen-bond acceptors (Lipinski definition) is 5. The highest BCUT2D eigenvalue weighted by molar-refractivity contribution is 7.12. The van der Waals surface area contributed by atoms with Crippen LogP contribution in [-0.4, -0.2) is 30.1 Å². The van der Waals surface area contributed by atoms with Crippen molar-refractivity contribution in [3.8, 4) is 0 Å². The molecule has 0 aliphatic carbocycles. The first-order valence-corrected chi connectivity index (χ1v) is 7.64. The first kappa shape index (κ1) is 16.7. The molecule has 0 aliphatic heterocycles. The third-order valence-corrected chi connectivity index (χ3v) is 4.09. The second-order valence-electron chi connectivity index (χ2n) is 4.71. The Morgan fingerprint density at radius 1 is 1.22 bits per heavy atom. The third kappa shape index (κ3) is 4.17. The Labute approximate surface area is 136 Å². The molecule has 7 heteroatoms. The maximum absolute atomic E-state index is 12.1. The fraction of sp³-hybridized carbons (Fsp3) is 0.188. The molecule has 2 aromatic rings. The van der Waals surface area contributed by atoms with Gasteiger partial charge in [0.05, 0.1) is 18.7 Å². The summed E-state index contributed by atoms with van der Waals surface area (Å²) in [4.78, 5) is 35.4. The quantitative estimate of drug-likeness (QED) is 0.793. The Balaban J connectivity index is 2.10. The lowest BCUT2D eigenvalue weighted by Crippen LogP contribution is -2.21. The maximum atomic E-state index is 12.1. The molecule has 6 nitrogen and oxygen atoms in total. The van der Waals surface area contributed by atoms with Gasteiger partial charge in [-0.1, -0.05) is 30.3 Å². The molecule has 1 heterocycles. The summed E-state index contributed by atoms with van der Waals surface area (Å²) in [5, 5.41) is 13.5. The zero-order chi connectivity index (χ0) is 16.8. The van der Waals surface area contributed by atoms with Gasteiger partial charge in [-0.2, -0.15) is 0 Å². The SMILES string of the molecule is COC(=O)c1sccc1NC(=O)CC(C(=O)O)c1ccccc1. The van der Waals surface area contributed by atoms with Gasteiger partial charge in [0.25, 0.3) is 0 Å². The topological polar surface area (TPSA) is 92.7 Å². The number of amides is 1. The number of thiophene rings is 1. The van der Waals surface area contributed by atoms with E-state index in [9.17, 15) is 19.5 Å². The van der Waals surface area contributed by atoms with Crippen LogP contribution in [0.3, 0.4) is 0 Å². The van der Waals surface area contributed by atoms with E-state index in [-0.39, 0.29) is 11.3 Å². The second-order valence-corrected chi connectivity index (χ2v) is 5.62. The van der Waals surface area contributed by atoms with Gasteiger partial charge >= 0.3 is 11.9 Å². The molecular formula is C16H15NO5S. The number of carboxylic acids is 1. The van der Waals surface area contributed by atoms with Gasteiger partial charge in [-0.15, -0.1) is 11.3 Å². The van der Waals surface area contributed by atoms with Crippen LogP contribution in [0.15, 0.2) is 41.8 Å². The van der Waals surface area contributed by atoms with Crippen LogP contribution in [0.25, 0.3) is 0 Å². The molecule has 1 unspecified atom stereocenters. The van der Waals surface area contributed by atoms with Crippen molar-refractivity contribution in [1.82, 2.24) is 0 Å². The third-order valence-electron chi connectivity index (χ3n) is 3.20. The number of carboxylic acid groups (broad SMARTS) is 1. The van der Waals surface area contributed by atoms with Crippen molar-refractivity contribution in [1.29, 1.82) is 0 Å². The molecule has 0 radical (unpaired) electrons. The number of carbonyl (C=O) groups is 3. The summed E-state index contributed by atoms with van der Waals surface area (Å²) >= 11 is 1.14. The molecule has 0 bridgehead atoms. The number of methoxy groups -OCH3 is 1.